The van der Waals surface area contributed by atoms with Gasteiger partial charge >= 0.3 is 0 Å². The molecule has 0 bridgehead atoms. The van der Waals surface area contributed by atoms with Crippen LogP contribution in [0, 0.1) is 0 Å². The molecule has 2 rings (SSSR count). The van der Waals surface area contributed by atoms with Gasteiger partial charge in [-0.15, -0.1) is 12.4 Å². The highest BCUT2D eigenvalue weighted by Crippen LogP contribution is 2.35. The Kier molecular flexibility index (Phi) is 3.12. The molecule has 1 heterocycles. The lowest BCUT2D eigenvalue weighted by molar-refractivity contribution is 0.348. The summed E-state index contributed by atoms with van der Waals surface area (Å²) < 4.78 is 5.00. The minimum Gasteiger partial charge on any atom is -0.360 e. The maximum Gasteiger partial charge on any atom is 0.150 e. The van der Waals surface area contributed by atoms with E-state index in [0.29, 0.717) is 12.5 Å². The molecule has 0 saturated heterocycles. The van der Waals surface area contributed by atoms with Crippen LogP contribution in [0.2, 0.25) is 0 Å². The largest absolute Gasteiger partial charge is 0.360 e. The highest BCUT2D eigenvalue weighted by atomic mass is 35.5. The summed E-state index contributed by atoms with van der Waals surface area (Å²) >= 11 is 0. The van der Waals surface area contributed by atoms with Crippen LogP contribution in [0.25, 0.3) is 0 Å². The molecule has 3 nitrogen and oxygen atoms in total. The Hall–Kier alpha value is -0.540. The van der Waals surface area contributed by atoms with Crippen LogP contribution in [-0.2, 0) is 6.54 Å². The first kappa shape index (κ1) is 9.55. The van der Waals surface area contributed by atoms with Crippen molar-refractivity contribution in [2.24, 2.45) is 5.73 Å². The van der Waals surface area contributed by atoms with Crippen LogP contribution in [0.4, 0.5) is 0 Å². The van der Waals surface area contributed by atoms with Crippen LogP contribution in [0.5, 0.6) is 0 Å². The molecule has 1 aromatic heterocycles. The monoisotopic (exact) mass is 188 g/mol. The average Bonchev–Trinajstić information content (AvgIpc) is 2.32. The van der Waals surface area contributed by atoms with Crippen molar-refractivity contribution >= 4 is 12.4 Å². The number of rotatable bonds is 2. The molecule has 1 aromatic rings. The van der Waals surface area contributed by atoms with Gasteiger partial charge in [-0.3, -0.25) is 0 Å². The topological polar surface area (TPSA) is 52.0 Å². The number of hydrogen-bond donors (Lipinski definition) is 1. The first-order valence-corrected chi connectivity index (χ1v) is 4.05. The maximum absolute atomic E-state index is 5.39. The van der Waals surface area contributed by atoms with Crippen molar-refractivity contribution in [3.63, 3.8) is 0 Å². The molecule has 12 heavy (non-hydrogen) atoms. The minimum absolute atomic E-state index is 0. The normalized spacial score (nSPS) is 16.8. The second kappa shape index (κ2) is 3.92. The van der Waals surface area contributed by atoms with E-state index in [2.05, 4.69) is 5.16 Å². The van der Waals surface area contributed by atoms with E-state index in [1.807, 2.05) is 6.07 Å². The summed E-state index contributed by atoms with van der Waals surface area (Å²) in [5.41, 5.74) is 6.48. The van der Waals surface area contributed by atoms with Gasteiger partial charge in [0.2, 0.25) is 0 Å². The lowest BCUT2D eigenvalue weighted by Gasteiger charge is -2.22. The van der Waals surface area contributed by atoms with Crippen LogP contribution < -0.4 is 5.73 Å². The zero-order valence-electron chi connectivity index (χ0n) is 6.82. The second-order valence-electron chi connectivity index (χ2n) is 3.05. The number of nitrogens with two attached hydrogens (primary N) is 1. The standard InChI is InChI=1S/C8H12N2O.ClH/c9-5-7-4-8(10-11-7)6-2-1-3-6;/h4,6H,1-3,5,9H2;1H. The van der Waals surface area contributed by atoms with Gasteiger partial charge in [0, 0.05) is 12.0 Å². The third kappa shape index (κ3) is 1.62. The van der Waals surface area contributed by atoms with E-state index >= 15 is 0 Å². The summed E-state index contributed by atoms with van der Waals surface area (Å²) in [7, 11) is 0. The van der Waals surface area contributed by atoms with Gasteiger partial charge in [-0.25, -0.2) is 0 Å². The van der Waals surface area contributed by atoms with Crippen LogP contribution in [0.3, 0.4) is 0 Å². The summed E-state index contributed by atoms with van der Waals surface area (Å²) in [4.78, 5) is 0. The van der Waals surface area contributed by atoms with Crippen molar-refractivity contribution in [3.05, 3.63) is 17.5 Å². The Bertz CT molecular complexity index is 245. The lowest BCUT2D eigenvalue weighted by atomic mass is 9.83. The zero-order chi connectivity index (χ0) is 7.68. The summed E-state index contributed by atoms with van der Waals surface area (Å²) in [6, 6.07) is 1.98. The fourth-order valence-electron chi connectivity index (χ4n) is 1.32. The van der Waals surface area contributed by atoms with Crippen LogP contribution in [0.15, 0.2) is 10.6 Å². The minimum atomic E-state index is 0. The second-order valence-corrected chi connectivity index (χ2v) is 3.05. The molecule has 1 saturated carbocycles. The van der Waals surface area contributed by atoms with Gasteiger partial charge in [-0.05, 0) is 12.8 Å². The van der Waals surface area contributed by atoms with Gasteiger partial charge in [0.15, 0.2) is 5.76 Å². The Labute approximate surface area is 77.7 Å². The third-order valence-corrected chi connectivity index (χ3v) is 2.30. The lowest BCUT2D eigenvalue weighted by Crippen LogP contribution is -2.08. The predicted molar refractivity (Wildman–Crippen MR) is 48.2 cm³/mol. The zero-order valence-corrected chi connectivity index (χ0v) is 7.64. The molecule has 1 fully saturated rings. The summed E-state index contributed by atoms with van der Waals surface area (Å²) in [5.74, 6) is 1.45. The van der Waals surface area contributed by atoms with Gasteiger partial charge in [-0.2, -0.15) is 0 Å². The molecule has 68 valence electrons. The van der Waals surface area contributed by atoms with Gasteiger partial charge in [-0.1, -0.05) is 11.6 Å². The van der Waals surface area contributed by atoms with Gasteiger partial charge in [0.05, 0.1) is 12.2 Å². The predicted octanol–water partition coefficient (Wildman–Crippen LogP) is 1.82. The third-order valence-electron chi connectivity index (χ3n) is 2.30. The maximum atomic E-state index is 5.39. The highest BCUT2D eigenvalue weighted by molar-refractivity contribution is 5.85. The van der Waals surface area contributed by atoms with E-state index in [9.17, 15) is 0 Å². The fraction of sp³-hybridized carbons (Fsp3) is 0.625. The van der Waals surface area contributed by atoms with Gasteiger partial charge in [0.25, 0.3) is 0 Å². The first-order chi connectivity index (χ1) is 5.40. The van der Waals surface area contributed by atoms with Crippen LogP contribution >= 0.6 is 12.4 Å². The molecule has 0 radical (unpaired) electrons. The molecule has 0 aliphatic heterocycles. The van der Waals surface area contributed by atoms with Crippen molar-refractivity contribution in [1.29, 1.82) is 0 Å². The first-order valence-electron chi connectivity index (χ1n) is 4.05. The molecule has 1 aliphatic carbocycles. The van der Waals surface area contributed by atoms with E-state index in [4.69, 9.17) is 10.3 Å². The van der Waals surface area contributed by atoms with E-state index < -0.39 is 0 Å². The molecule has 2 N–H and O–H groups in total. The molecule has 1 aliphatic rings. The molecule has 0 aromatic carbocycles. The average molecular weight is 189 g/mol. The van der Waals surface area contributed by atoms with E-state index in [0.717, 1.165) is 11.5 Å². The van der Waals surface area contributed by atoms with Gasteiger partial charge in [0.1, 0.15) is 0 Å². The molecular weight excluding hydrogens is 176 g/mol. The fourth-order valence-corrected chi connectivity index (χ4v) is 1.32. The molecule has 0 unspecified atom stereocenters. The van der Waals surface area contributed by atoms with Crippen molar-refractivity contribution < 1.29 is 4.52 Å². The van der Waals surface area contributed by atoms with Crippen molar-refractivity contribution in [2.75, 3.05) is 0 Å². The summed E-state index contributed by atoms with van der Waals surface area (Å²) in [6.07, 6.45) is 3.85. The SMILES string of the molecule is Cl.NCc1cc(C2CCC2)no1. The number of aromatic nitrogens is 1. The van der Waals surface area contributed by atoms with E-state index in [1.165, 1.54) is 19.3 Å². The smallest absolute Gasteiger partial charge is 0.150 e. The Morgan fingerprint density at radius 3 is 2.75 bits per heavy atom. The Balaban J connectivity index is 0.000000720. The molecule has 0 spiro atoms. The summed E-state index contributed by atoms with van der Waals surface area (Å²) in [5, 5.41) is 3.95. The van der Waals surface area contributed by atoms with Crippen molar-refractivity contribution in [1.82, 2.24) is 5.16 Å². The number of hydrogen-bond acceptors (Lipinski definition) is 3. The Morgan fingerprint density at radius 1 is 1.58 bits per heavy atom. The number of nitrogens with zero attached hydrogens (tertiary/aromatic N) is 1. The van der Waals surface area contributed by atoms with Crippen LogP contribution in [-0.4, -0.2) is 5.16 Å². The van der Waals surface area contributed by atoms with E-state index in [1.54, 1.807) is 0 Å². The highest BCUT2D eigenvalue weighted by Gasteiger charge is 2.22. The molecule has 0 atom stereocenters. The molecular formula is C8H13ClN2O. The molecule has 0 amide bonds. The van der Waals surface area contributed by atoms with Crippen molar-refractivity contribution in [3.8, 4) is 0 Å². The molecule has 4 heteroatoms. The van der Waals surface area contributed by atoms with Crippen molar-refractivity contribution in [2.45, 2.75) is 31.7 Å². The van der Waals surface area contributed by atoms with Crippen LogP contribution in [0.1, 0.15) is 36.6 Å². The quantitative estimate of drug-likeness (QED) is 0.771. The summed E-state index contributed by atoms with van der Waals surface area (Å²) in [6.45, 7) is 0.458. The number of halogens is 1. The van der Waals surface area contributed by atoms with Gasteiger partial charge < -0.3 is 10.3 Å². The Morgan fingerprint density at radius 2 is 2.33 bits per heavy atom. The van der Waals surface area contributed by atoms with E-state index in [-0.39, 0.29) is 12.4 Å².